The number of benzene rings is 2. The molecule has 1 aromatic heterocycles. The number of rotatable bonds is 5. The molecule has 0 aliphatic carbocycles. The average Bonchev–Trinajstić information content (AvgIpc) is 2.99. The third-order valence-corrected chi connectivity index (χ3v) is 5.17. The van der Waals surface area contributed by atoms with Crippen molar-refractivity contribution in [3.05, 3.63) is 58.9 Å². The van der Waals surface area contributed by atoms with Crippen molar-refractivity contribution in [1.29, 1.82) is 0 Å². The number of nitrogens with two attached hydrogens (primary N) is 1. The molecule has 3 N–H and O–H groups in total. The maximum absolute atomic E-state index is 13.6. The minimum absolute atomic E-state index is 0.292. The van der Waals surface area contributed by atoms with Crippen molar-refractivity contribution in [2.45, 2.75) is 24.3 Å². The molecule has 6 nitrogen and oxygen atoms in total. The van der Waals surface area contributed by atoms with Gasteiger partial charge in [0, 0.05) is 16.3 Å². The molecule has 0 aliphatic heterocycles. The second-order valence-electron chi connectivity index (χ2n) is 5.90. The first-order chi connectivity index (χ1) is 12.8. The molecule has 0 fully saturated rings. The van der Waals surface area contributed by atoms with E-state index in [0.717, 1.165) is 17.3 Å². The van der Waals surface area contributed by atoms with E-state index in [4.69, 9.17) is 17.4 Å². The highest BCUT2D eigenvalue weighted by atomic mass is 35.5. The van der Waals surface area contributed by atoms with Gasteiger partial charge in [-0.3, -0.25) is 4.79 Å². The number of nitrogens with one attached hydrogen (secondary N) is 1. The Bertz CT molecular complexity index is 976. The van der Waals surface area contributed by atoms with Crippen molar-refractivity contribution in [2.75, 3.05) is 11.2 Å². The van der Waals surface area contributed by atoms with Gasteiger partial charge in [0.05, 0.1) is 5.25 Å². The highest BCUT2D eigenvalue weighted by Crippen LogP contribution is 2.26. The van der Waals surface area contributed by atoms with E-state index >= 15 is 0 Å². The number of aryl methyl sites for hydroxylation is 1. The van der Waals surface area contributed by atoms with Crippen LogP contribution in [0, 0.1) is 12.7 Å². The van der Waals surface area contributed by atoms with E-state index in [2.05, 4.69) is 15.5 Å². The van der Waals surface area contributed by atoms with Gasteiger partial charge in [0.2, 0.25) is 11.1 Å². The summed E-state index contributed by atoms with van der Waals surface area (Å²) in [4.78, 5) is 12.4. The maximum Gasteiger partial charge on any atom is 0.237 e. The van der Waals surface area contributed by atoms with Gasteiger partial charge in [-0.05, 0) is 55.8 Å². The Labute approximate surface area is 164 Å². The summed E-state index contributed by atoms with van der Waals surface area (Å²) < 4.78 is 14.9. The Hall–Kier alpha value is -2.58. The van der Waals surface area contributed by atoms with Crippen molar-refractivity contribution in [3.63, 3.8) is 0 Å². The van der Waals surface area contributed by atoms with Crippen LogP contribution in [0.5, 0.6) is 0 Å². The van der Waals surface area contributed by atoms with Crippen LogP contribution >= 0.6 is 23.4 Å². The molecule has 1 heterocycles. The largest absolute Gasteiger partial charge is 0.335 e. The van der Waals surface area contributed by atoms with Gasteiger partial charge >= 0.3 is 0 Å². The summed E-state index contributed by atoms with van der Waals surface area (Å²) in [5, 5.41) is 11.3. The van der Waals surface area contributed by atoms with Gasteiger partial charge in [-0.1, -0.05) is 29.4 Å². The van der Waals surface area contributed by atoms with Crippen LogP contribution in [0.15, 0.2) is 47.6 Å². The monoisotopic (exact) mass is 405 g/mol. The average molecular weight is 406 g/mol. The molecule has 27 heavy (non-hydrogen) atoms. The van der Waals surface area contributed by atoms with Crippen LogP contribution < -0.4 is 11.2 Å². The van der Waals surface area contributed by atoms with E-state index in [1.54, 1.807) is 50.2 Å². The van der Waals surface area contributed by atoms with Crippen LogP contribution in [-0.2, 0) is 4.79 Å². The van der Waals surface area contributed by atoms with E-state index in [9.17, 15) is 9.18 Å². The second kappa shape index (κ2) is 7.98. The molecule has 0 saturated carbocycles. The normalized spacial score (nSPS) is 12.0. The van der Waals surface area contributed by atoms with Crippen LogP contribution in [-0.4, -0.2) is 26.0 Å². The van der Waals surface area contributed by atoms with E-state index in [1.807, 2.05) is 0 Å². The molecule has 0 radical (unpaired) electrons. The van der Waals surface area contributed by atoms with Gasteiger partial charge in [0.1, 0.15) is 5.82 Å². The first kappa shape index (κ1) is 19.2. The number of hydrogen-bond acceptors (Lipinski definition) is 5. The minimum Gasteiger partial charge on any atom is -0.335 e. The molecule has 140 valence electrons. The number of halogens is 2. The highest BCUT2D eigenvalue weighted by molar-refractivity contribution is 8.00. The lowest BCUT2D eigenvalue weighted by Gasteiger charge is -2.12. The number of amides is 1. The number of anilines is 1. The SMILES string of the molecule is Cc1ccc(NC(=O)C(C)Sc2nnc(-c3ccc(Cl)cc3)n2N)cc1F. The summed E-state index contributed by atoms with van der Waals surface area (Å²) in [5.41, 5.74) is 1.67. The predicted octanol–water partition coefficient (Wildman–Crippen LogP) is 3.88. The summed E-state index contributed by atoms with van der Waals surface area (Å²) in [6.07, 6.45) is 0. The zero-order valence-corrected chi connectivity index (χ0v) is 16.2. The summed E-state index contributed by atoms with van der Waals surface area (Å²) in [7, 11) is 0. The van der Waals surface area contributed by atoms with E-state index in [0.29, 0.717) is 27.3 Å². The van der Waals surface area contributed by atoms with Crippen molar-refractivity contribution in [3.8, 4) is 11.4 Å². The third-order valence-electron chi connectivity index (χ3n) is 3.86. The number of thioether (sulfide) groups is 1. The van der Waals surface area contributed by atoms with Gasteiger partial charge in [0.15, 0.2) is 5.82 Å². The standard InChI is InChI=1S/C18H17ClFN5OS/c1-10-3-8-14(9-15(10)20)22-17(26)11(2)27-18-24-23-16(25(18)21)12-4-6-13(19)7-5-12/h3-9,11H,21H2,1-2H3,(H,22,26). The van der Waals surface area contributed by atoms with Gasteiger partial charge in [0.25, 0.3) is 0 Å². The molecular weight excluding hydrogens is 389 g/mol. The predicted molar refractivity (Wildman–Crippen MR) is 106 cm³/mol. The number of nitrogens with zero attached hydrogens (tertiary/aromatic N) is 3. The second-order valence-corrected chi connectivity index (χ2v) is 7.64. The van der Waals surface area contributed by atoms with Crippen molar-refractivity contribution in [1.82, 2.24) is 14.9 Å². The molecule has 1 atom stereocenters. The Kier molecular flexibility index (Phi) is 5.67. The molecule has 9 heteroatoms. The fourth-order valence-electron chi connectivity index (χ4n) is 2.28. The van der Waals surface area contributed by atoms with Crippen molar-refractivity contribution < 1.29 is 9.18 Å². The van der Waals surface area contributed by atoms with Crippen molar-refractivity contribution >= 4 is 35.0 Å². The van der Waals surface area contributed by atoms with Gasteiger partial charge in [-0.15, -0.1) is 10.2 Å². The Morgan fingerprint density at radius 2 is 1.96 bits per heavy atom. The lowest BCUT2D eigenvalue weighted by molar-refractivity contribution is -0.115. The first-order valence-electron chi connectivity index (χ1n) is 8.05. The fourth-order valence-corrected chi connectivity index (χ4v) is 3.18. The van der Waals surface area contributed by atoms with Crippen molar-refractivity contribution in [2.24, 2.45) is 0 Å². The van der Waals surface area contributed by atoms with Crippen LogP contribution in [0.4, 0.5) is 10.1 Å². The van der Waals surface area contributed by atoms with Crippen LogP contribution in [0.2, 0.25) is 5.02 Å². The first-order valence-corrected chi connectivity index (χ1v) is 9.31. The molecule has 0 spiro atoms. The molecule has 1 unspecified atom stereocenters. The Balaban J connectivity index is 1.70. The van der Waals surface area contributed by atoms with Gasteiger partial charge < -0.3 is 11.2 Å². The summed E-state index contributed by atoms with van der Waals surface area (Å²) in [6, 6.07) is 11.6. The molecule has 0 aliphatic rings. The number of nitrogen functional groups attached to an aromatic ring is 1. The number of aromatic nitrogens is 3. The highest BCUT2D eigenvalue weighted by Gasteiger charge is 2.20. The molecule has 1 amide bonds. The van der Waals surface area contributed by atoms with Gasteiger partial charge in [-0.2, -0.15) is 0 Å². The third kappa shape index (κ3) is 4.40. The van der Waals surface area contributed by atoms with Crippen LogP contribution in [0.3, 0.4) is 0 Å². The summed E-state index contributed by atoms with van der Waals surface area (Å²) in [6.45, 7) is 3.37. The van der Waals surface area contributed by atoms with Gasteiger partial charge in [-0.25, -0.2) is 9.07 Å². The zero-order chi connectivity index (χ0) is 19.6. The summed E-state index contributed by atoms with van der Waals surface area (Å²) in [5.74, 6) is 5.86. The smallest absolute Gasteiger partial charge is 0.237 e. The lowest BCUT2D eigenvalue weighted by Crippen LogP contribution is -2.23. The molecular formula is C18H17ClFN5OS. The molecule has 2 aromatic carbocycles. The van der Waals surface area contributed by atoms with E-state index in [1.165, 1.54) is 10.7 Å². The molecule has 3 aromatic rings. The summed E-state index contributed by atoms with van der Waals surface area (Å²) >= 11 is 7.04. The quantitative estimate of drug-likeness (QED) is 0.497. The topological polar surface area (TPSA) is 85.8 Å². The molecule has 0 saturated heterocycles. The van der Waals surface area contributed by atoms with Crippen LogP contribution in [0.1, 0.15) is 12.5 Å². The van der Waals surface area contributed by atoms with Crippen LogP contribution in [0.25, 0.3) is 11.4 Å². The number of carbonyl (C=O) groups excluding carboxylic acids is 1. The maximum atomic E-state index is 13.6. The number of carbonyl (C=O) groups is 1. The van der Waals surface area contributed by atoms with E-state index in [-0.39, 0.29) is 11.7 Å². The Morgan fingerprint density at radius 1 is 1.26 bits per heavy atom. The lowest BCUT2D eigenvalue weighted by atomic mass is 10.2. The molecule has 0 bridgehead atoms. The van der Waals surface area contributed by atoms with E-state index < -0.39 is 5.25 Å². The zero-order valence-electron chi connectivity index (χ0n) is 14.6. The number of hydrogen-bond donors (Lipinski definition) is 2. The molecule has 3 rings (SSSR count). The minimum atomic E-state index is -0.515. The Morgan fingerprint density at radius 3 is 2.63 bits per heavy atom. The fraction of sp³-hybridized carbons (Fsp3) is 0.167.